The van der Waals surface area contributed by atoms with Gasteiger partial charge in [0.1, 0.15) is 23.7 Å². The summed E-state index contributed by atoms with van der Waals surface area (Å²) in [6, 6.07) is 10.2. The lowest BCUT2D eigenvalue weighted by molar-refractivity contribution is -0.137. The van der Waals surface area contributed by atoms with E-state index in [0.717, 1.165) is 70.4 Å². The van der Waals surface area contributed by atoms with Crippen LogP contribution in [-0.4, -0.2) is 116 Å². The highest BCUT2D eigenvalue weighted by molar-refractivity contribution is 5.88. The molecule has 3 aliphatic rings. The van der Waals surface area contributed by atoms with Crippen LogP contribution < -0.4 is 10.6 Å². The number of aromatic nitrogens is 6. The second kappa shape index (κ2) is 18.1. The van der Waals surface area contributed by atoms with Gasteiger partial charge in [-0.15, -0.1) is 0 Å². The lowest BCUT2D eigenvalue weighted by Crippen LogP contribution is -2.53. The Morgan fingerprint density at radius 3 is 2.15 bits per heavy atom. The van der Waals surface area contributed by atoms with E-state index in [4.69, 9.17) is 29.2 Å². The molecule has 17 nitrogen and oxygen atoms in total. The fourth-order valence-corrected chi connectivity index (χ4v) is 8.76. The van der Waals surface area contributed by atoms with E-state index >= 15 is 0 Å². The zero-order chi connectivity index (χ0) is 42.6. The number of carbonyl (C=O) groups excluding carboxylic acids is 4. The number of ether oxygens (including phenoxy) is 3. The number of likely N-dealkylation sites (tertiary alicyclic amines) is 2. The largest absolute Gasteiger partial charge is 0.453 e. The van der Waals surface area contributed by atoms with Gasteiger partial charge in [-0.1, -0.05) is 32.0 Å². The summed E-state index contributed by atoms with van der Waals surface area (Å²) in [6.07, 6.45) is 10.5. The van der Waals surface area contributed by atoms with Crippen molar-refractivity contribution in [1.82, 2.24) is 50.3 Å². The SMILES string of the molecule is COC(=O)N[C@H](C(=O)N1CCC[C@H]1c1ncc(-c2ccc(-c3ccc4cc(-c5c[nH]c(C6CCCN6C(=O)[C@@H](NC(=O)OC)C6CCOCC6)n5)cnc4c3)cn2)[nH]1)C(C)C. The van der Waals surface area contributed by atoms with E-state index in [9.17, 15) is 19.2 Å². The summed E-state index contributed by atoms with van der Waals surface area (Å²) in [5.41, 5.74) is 5.74. The Morgan fingerprint density at radius 1 is 0.754 bits per heavy atom. The van der Waals surface area contributed by atoms with Crippen LogP contribution in [0.1, 0.15) is 76.1 Å². The van der Waals surface area contributed by atoms with Gasteiger partial charge in [0.25, 0.3) is 0 Å². The zero-order valence-electron chi connectivity index (χ0n) is 34.8. The summed E-state index contributed by atoms with van der Waals surface area (Å²) in [4.78, 5) is 81.2. The molecule has 0 bridgehead atoms. The smallest absolute Gasteiger partial charge is 0.407 e. The summed E-state index contributed by atoms with van der Waals surface area (Å²) < 4.78 is 15.1. The van der Waals surface area contributed by atoms with Crippen LogP contribution in [0.5, 0.6) is 0 Å². The maximum atomic E-state index is 14.0. The number of fused-ring (bicyclic) bond motifs is 1. The molecule has 61 heavy (non-hydrogen) atoms. The van der Waals surface area contributed by atoms with Gasteiger partial charge in [0, 0.05) is 61.4 Å². The topological polar surface area (TPSA) is 210 Å². The summed E-state index contributed by atoms with van der Waals surface area (Å²) in [7, 11) is 2.59. The normalized spacial score (nSPS) is 19.2. The van der Waals surface area contributed by atoms with Crippen LogP contribution in [-0.2, 0) is 23.8 Å². The number of methoxy groups -OCH3 is 2. The molecule has 0 spiro atoms. The van der Waals surface area contributed by atoms with Crippen molar-refractivity contribution in [3.05, 3.63) is 72.8 Å². The molecular weight excluding hydrogens is 781 g/mol. The standard InChI is InChI=1S/C44H52N10O7/c1-25(2)37(51-43(57)59-3)41(55)53-15-5-8-36(53)40-48-24-34(50-40)31-12-11-29(21-45-31)27-9-10-28-19-30(22-46-32(28)20-27)33-23-47-39(49-33)35-7-6-16-54(35)42(56)38(52-44(58)60-4)26-13-17-61-18-14-26/h9-12,19-26,35-38H,5-8,13-18H2,1-4H3,(H,47,49)(H,48,50)(H,51,57)(H,52,58)/t35?,36-,37-,38-/m0/s1. The average molecular weight is 833 g/mol. The Balaban J connectivity index is 0.936. The first kappa shape index (κ1) is 41.4. The maximum Gasteiger partial charge on any atom is 0.407 e. The molecule has 3 aliphatic heterocycles. The summed E-state index contributed by atoms with van der Waals surface area (Å²) >= 11 is 0. The maximum absolute atomic E-state index is 14.0. The Labute approximate surface area is 353 Å². The van der Waals surface area contributed by atoms with E-state index in [0.29, 0.717) is 50.8 Å². The van der Waals surface area contributed by atoms with Crippen LogP contribution in [0.25, 0.3) is 44.7 Å². The van der Waals surface area contributed by atoms with E-state index in [-0.39, 0.29) is 35.7 Å². The van der Waals surface area contributed by atoms with Gasteiger partial charge in [-0.25, -0.2) is 19.6 Å². The third-order valence-electron chi connectivity index (χ3n) is 12.1. The molecule has 8 rings (SSSR count). The second-order valence-electron chi connectivity index (χ2n) is 16.2. The Kier molecular flexibility index (Phi) is 12.3. The quantitative estimate of drug-likeness (QED) is 0.123. The van der Waals surface area contributed by atoms with Crippen molar-refractivity contribution >= 4 is 34.9 Å². The molecule has 1 unspecified atom stereocenters. The lowest BCUT2D eigenvalue weighted by Gasteiger charge is -2.34. The number of H-pyrrole nitrogens is 2. The van der Waals surface area contributed by atoms with E-state index < -0.39 is 24.3 Å². The number of hydrogen-bond donors (Lipinski definition) is 4. The molecule has 3 fully saturated rings. The molecule has 4 amide bonds. The molecule has 4 N–H and O–H groups in total. The highest BCUT2D eigenvalue weighted by atomic mass is 16.5. The number of rotatable bonds is 11. The number of imidazole rings is 2. The number of hydrogen-bond acceptors (Lipinski definition) is 11. The van der Waals surface area contributed by atoms with Crippen molar-refractivity contribution in [1.29, 1.82) is 0 Å². The van der Waals surface area contributed by atoms with Crippen molar-refractivity contribution in [2.45, 2.75) is 76.5 Å². The predicted molar refractivity (Wildman–Crippen MR) is 225 cm³/mol. The van der Waals surface area contributed by atoms with Gasteiger partial charge in [0.05, 0.1) is 55.1 Å². The number of nitrogens with one attached hydrogen (secondary N) is 4. The molecule has 3 saturated heterocycles. The zero-order valence-corrected chi connectivity index (χ0v) is 34.8. The predicted octanol–water partition coefficient (Wildman–Crippen LogP) is 5.94. The molecule has 5 aromatic rings. The lowest BCUT2D eigenvalue weighted by atomic mass is 9.90. The highest BCUT2D eigenvalue weighted by Crippen LogP contribution is 2.36. The first-order chi connectivity index (χ1) is 29.6. The molecule has 0 saturated carbocycles. The monoisotopic (exact) mass is 832 g/mol. The van der Waals surface area contributed by atoms with Crippen molar-refractivity contribution < 1.29 is 33.4 Å². The van der Waals surface area contributed by atoms with Gasteiger partial charge in [-0.2, -0.15) is 0 Å². The Morgan fingerprint density at radius 2 is 1.44 bits per heavy atom. The van der Waals surface area contributed by atoms with Gasteiger partial charge in [-0.05, 0) is 74.1 Å². The van der Waals surface area contributed by atoms with E-state index in [1.807, 2.05) is 61.5 Å². The molecule has 320 valence electrons. The first-order valence-electron chi connectivity index (χ1n) is 21.0. The van der Waals surface area contributed by atoms with Gasteiger partial charge >= 0.3 is 12.2 Å². The van der Waals surface area contributed by atoms with Gasteiger partial charge in [0.15, 0.2) is 0 Å². The van der Waals surface area contributed by atoms with Crippen LogP contribution >= 0.6 is 0 Å². The Hall–Kier alpha value is -6.36. The molecule has 0 radical (unpaired) electrons. The molecule has 4 aromatic heterocycles. The number of nitrogens with zero attached hydrogens (tertiary/aromatic N) is 6. The average Bonchev–Trinajstić information content (AvgIpc) is 4.14. The number of aromatic amines is 2. The highest BCUT2D eigenvalue weighted by Gasteiger charge is 2.41. The van der Waals surface area contributed by atoms with Gasteiger partial charge in [0.2, 0.25) is 11.8 Å². The molecular formula is C44H52N10O7. The number of alkyl carbamates (subject to hydrolysis) is 2. The number of benzene rings is 1. The third-order valence-corrected chi connectivity index (χ3v) is 12.1. The minimum atomic E-state index is -0.705. The van der Waals surface area contributed by atoms with Gasteiger partial charge in [-0.3, -0.25) is 19.6 Å². The number of carbonyl (C=O) groups is 4. The van der Waals surface area contributed by atoms with Crippen molar-refractivity contribution in [2.75, 3.05) is 40.5 Å². The molecule has 1 aromatic carbocycles. The number of amides is 4. The Bertz CT molecular complexity index is 2370. The fraction of sp³-hybridized carbons (Fsp3) is 0.455. The van der Waals surface area contributed by atoms with Gasteiger partial charge < -0.3 is 44.6 Å². The molecule has 17 heteroatoms. The summed E-state index contributed by atoms with van der Waals surface area (Å²) in [5.74, 6) is 0.928. The minimum absolute atomic E-state index is 0.0392. The van der Waals surface area contributed by atoms with Crippen LogP contribution in [0.3, 0.4) is 0 Å². The third kappa shape index (κ3) is 8.78. The molecule has 0 aliphatic carbocycles. The van der Waals surface area contributed by atoms with Crippen molar-refractivity contribution in [3.63, 3.8) is 0 Å². The van der Waals surface area contributed by atoms with E-state index in [1.165, 1.54) is 14.2 Å². The fourth-order valence-electron chi connectivity index (χ4n) is 8.76. The van der Waals surface area contributed by atoms with E-state index in [2.05, 4.69) is 31.7 Å². The first-order valence-corrected chi connectivity index (χ1v) is 21.0. The van der Waals surface area contributed by atoms with Crippen molar-refractivity contribution in [2.24, 2.45) is 11.8 Å². The minimum Gasteiger partial charge on any atom is -0.453 e. The molecule has 7 heterocycles. The van der Waals surface area contributed by atoms with Crippen LogP contribution in [0.2, 0.25) is 0 Å². The summed E-state index contributed by atoms with van der Waals surface area (Å²) in [5, 5.41) is 6.44. The van der Waals surface area contributed by atoms with Crippen LogP contribution in [0, 0.1) is 11.8 Å². The van der Waals surface area contributed by atoms with Crippen molar-refractivity contribution in [3.8, 4) is 33.8 Å². The number of pyridine rings is 2. The second-order valence-corrected chi connectivity index (χ2v) is 16.2. The summed E-state index contributed by atoms with van der Waals surface area (Å²) in [6.45, 7) is 6.04. The van der Waals surface area contributed by atoms with Crippen LogP contribution in [0.4, 0.5) is 9.59 Å². The molecule has 4 atom stereocenters. The van der Waals surface area contributed by atoms with E-state index in [1.54, 1.807) is 17.3 Å². The van der Waals surface area contributed by atoms with Crippen LogP contribution in [0.15, 0.2) is 61.2 Å².